The number of hydrogen-bond donors (Lipinski definition) is 1. The summed E-state index contributed by atoms with van der Waals surface area (Å²) >= 11 is 1.43. The number of methoxy groups -OCH3 is 1. The van der Waals surface area contributed by atoms with Gasteiger partial charge in [-0.25, -0.2) is 9.78 Å². The zero-order chi connectivity index (χ0) is 26.4. The monoisotopic (exact) mass is 524 g/mol. The van der Waals surface area contributed by atoms with Gasteiger partial charge in [0.2, 0.25) is 0 Å². The fourth-order valence-electron chi connectivity index (χ4n) is 5.94. The standard InChI is InChI=1S/C27H32N4O5S/c1-25(2,3)19-7-6-18(14-20(19)35-4)23(32)31-21(22-28-10-13-37-22)26(8-12-36-17-26)15-27(31,24(33)34)16-30-11-5-9-29-30/h5-7,9-11,13-14,21H,8,12,15-17H2,1-4H3,(H,33,34). The smallest absolute Gasteiger partial charge is 0.331 e. The van der Waals surface area contributed by atoms with Gasteiger partial charge in [-0.15, -0.1) is 11.3 Å². The third-order valence-corrected chi connectivity index (χ3v) is 8.45. The second kappa shape index (κ2) is 9.25. The molecule has 10 heteroatoms. The quantitative estimate of drug-likeness (QED) is 0.516. The second-order valence-electron chi connectivity index (χ2n) is 11.0. The van der Waals surface area contributed by atoms with Crippen LogP contribution in [0.25, 0.3) is 0 Å². The predicted molar refractivity (Wildman–Crippen MR) is 138 cm³/mol. The summed E-state index contributed by atoms with van der Waals surface area (Å²) in [6.45, 7) is 7.12. The lowest BCUT2D eigenvalue weighted by molar-refractivity contribution is -0.150. The highest BCUT2D eigenvalue weighted by Gasteiger charge is 2.67. The lowest BCUT2D eigenvalue weighted by Crippen LogP contribution is -2.56. The van der Waals surface area contributed by atoms with Gasteiger partial charge < -0.3 is 19.5 Å². The molecule has 37 heavy (non-hydrogen) atoms. The molecular formula is C27H32N4O5S. The molecule has 2 aliphatic rings. The minimum absolute atomic E-state index is 0.0158. The Hall–Kier alpha value is -3.24. The second-order valence-corrected chi connectivity index (χ2v) is 11.9. The lowest BCUT2D eigenvalue weighted by atomic mass is 9.76. The van der Waals surface area contributed by atoms with Crippen molar-refractivity contribution < 1.29 is 24.2 Å². The van der Waals surface area contributed by atoms with Crippen molar-refractivity contribution in [3.63, 3.8) is 0 Å². The topological polar surface area (TPSA) is 107 Å². The maximum absolute atomic E-state index is 14.5. The largest absolute Gasteiger partial charge is 0.496 e. The maximum Gasteiger partial charge on any atom is 0.331 e. The van der Waals surface area contributed by atoms with Crippen molar-refractivity contribution in [1.29, 1.82) is 0 Å². The molecular weight excluding hydrogens is 492 g/mol. The molecule has 2 aliphatic heterocycles. The summed E-state index contributed by atoms with van der Waals surface area (Å²) in [7, 11) is 1.58. The van der Waals surface area contributed by atoms with E-state index in [1.807, 2.05) is 11.4 Å². The molecule has 5 rings (SSSR count). The Morgan fingerprint density at radius 3 is 2.68 bits per heavy atom. The van der Waals surface area contributed by atoms with Crippen LogP contribution in [0.1, 0.15) is 60.6 Å². The molecule has 0 bridgehead atoms. The Balaban J connectivity index is 1.69. The van der Waals surface area contributed by atoms with E-state index in [4.69, 9.17) is 9.47 Å². The van der Waals surface area contributed by atoms with Crippen LogP contribution >= 0.6 is 11.3 Å². The van der Waals surface area contributed by atoms with Crippen molar-refractivity contribution in [2.75, 3.05) is 20.3 Å². The number of carboxylic acid groups (broad SMARTS) is 1. The van der Waals surface area contributed by atoms with Crippen molar-refractivity contribution in [2.24, 2.45) is 5.41 Å². The average molecular weight is 525 g/mol. The summed E-state index contributed by atoms with van der Waals surface area (Å²) in [5, 5.41) is 17.7. The van der Waals surface area contributed by atoms with E-state index in [1.54, 1.807) is 53.5 Å². The molecule has 3 unspecified atom stereocenters. The van der Waals surface area contributed by atoms with E-state index < -0.39 is 23.0 Å². The Morgan fingerprint density at radius 2 is 2.11 bits per heavy atom. The zero-order valence-electron chi connectivity index (χ0n) is 21.5. The number of hydrogen-bond acceptors (Lipinski definition) is 7. The Morgan fingerprint density at radius 1 is 1.30 bits per heavy atom. The predicted octanol–water partition coefficient (Wildman–Crippen LogP) is 4.16. The van der Waals surface area contributed by atoms with Gasteiger partial charge in [-0.1, -0.05) is 26.8 Å². The van der Waals surface area contributed by atoms with Crippen LogP contribution in [0.15, 0.2) is 48.2 Å². The first-order valence-corrected chi connectivity index (χ1v) is 13.2. The molecule has 196 valence electrons. The van der Waals surface area contributed by atoms with Crippen LogP contribution in [0.3, 0.4) is 0 Å². The Labute approximate surface area is 220 Å². The van der Waals surface area contributed by atoms with Crippen molar-refractivity contribution in [3.8, 4) is 5.75 Å². The van der Waals surface area contributed by atoms with Crippen LogP contribution in [0, 0.1) is 5.41 Å². The van der Waals surface area contributed by atoms with E-state index in [0.29, 0.717) is 36.0 Å². The molecule has 0 radical (unpaired) electrons. The molecule has 2 aromatic heterocycles. The third-order valence-electron chi connectivity index (χ3n) is 7.62. The molecule has 1 aromatic carbocycles. The molecule has 1 spiro atoms. The van der Waals surface area contributed by atoms with E-state index in [9.17, 15) is 14.7 Å². The average Bonchev–Trinajstić information content (AvgIpc) is 3.66. The first-order valence-electron chi connectivity index (χ1n) is 12.3. The number of likely N-dealkylation sites (tertiary alicyclic amines) is 1. The number of aromatic nitrogens is 3. The number of rotatable bonds is 6. The van der Waals surface area contributed by atoms with E-state index in [2.05, 4.69) is 30.9 Å². The number of amides is 1. The third kappa shape index (κ3) is 4.21. The zero-order valence-corrected chi connectivity index (χ0v) is 22.3. The number of aliphatic carboxylic acids is 1. The van der Waals surface area contributed by atoms with E-state index >= 15 is 0 Å². The van der Waals surface area contributed by atoms with Gasteiger partial charge in [-0.3, -0.25) is 9.48 Å². The van der Waals surface area contributed by atoms with Crippen LogP contribution in [0.5, 0.6) is 5.75 Å². The van der Waals surface area contributed by atoms with Crippen LogP contribution in [-0.4, -0.2) is 62.5 Å². The molecule has 1 N–H and O–H groups in total. The molecule has 1 amide bonds. The van der Waals surface area contributed by atoms with Gasteiger partial charge in [0.1, 0.15) is 10.8 Å². The summed E-state index contributed by atoms with van der Waals surface area (Å²) in [5.41, 5.74) is -0.989. The number of thiazole rings is 1. The summed E-state index contributed by atoms with van der Waals surface area (Å²) < 4.78 is 13.1. The number of carbonyl (C=O) groups is 2. The van der Waals surface area contributed by atoms with Crippen LogP contribution in [-0.2, 0) is 21.5 Å². The molecule has 2 fully saturated rings. The van der Waals surface area contributed by atoms with Gasteiger partial charge >= 0.3 is 5.97 Å². The molecule has 2 saturated heterocycles. The van der Waals surface area contributed by atoms with E-state index in [-0.39, 0.29) is 24.3 Å². The molecule has 9 nitrogen and oxygen atoms in total. The van der Waals surface area contributed by atoms with Gasteiger partial charge in [0.25, 0.3) is 5.91 Å². The SMILES string of the molecule is COc1cc(C(=O)N2C(c3nccs3)C3(CCOC3)CC2(Cn2cccn2)C(=O)O)ccc1C(C)(C)C. The Kier molecular flexibility index (Phi) is 6.35. The molecule has 3 atom stereocenters. The maximum atomic E-state index is 14.5. The molecule has 0 aliphatic carbocycles. The van der Waals surface area contributed by atoms with Gasteiger partial charge in [0, 0.05) is 41.6 Å². The molecule has 4 heterocycles. The van der Waals surface area contributed by atoms with Gasteiger partial charge in [0.05, 0.1) is 26.3 Å². The highest BCUT2D eigenvalue weighted by molar-refractivity contribution is 7.09. The van der Waals surface area contributed by atoms with Gasteiger partial charge in [0.15, 0.2) is 5.54 Å². The molecule has 0 saturated carbocycles. The highest BCUT2D eigenvalue weighted by atomic mass is 32.1. The number of benzene rings is 1. The summed E-state index contributed by atoms with van der Waals surface area (Å²) in [4.78, 5) is 33.9. The minimum atomic E-state index is -1.55. The van der Waals surface area contributed by atoms with Crippen molar-refractivity contribution in [1.82, 2.24) is 19.7 Å². The fourth-order valence-corrected chi connectivity index (χ4v) is 6.81. The summed E-state index contributed by atoms with van der Waals surface area (Å²) in [6.07, 6.45) is 5.91. The van der Waals surface area contributed by atoms with Crippen molar-refractivity contribution in [3.05, 3.63) is 64.4 Å². The first-order chi connectivity index (χ1) is 17.6. The van der Waals surface area contributed by atoms with Crippen LogP contribution < -0.4 is 4.74 Å². The van der Waals surface area contributed by atoms with Crippen LogP contribution in [0.4, 0.5) is 0 Å². The van der Waals surface area contributed by atoms with E-state index in [0.717, 1.165) is 5.56 Å². The number of carboxylic acids is 1. The first kappa shape index (κ1) is 25.4. The van der Waals surface area contributed by atoms with Gasteiger partial charge in [-0.05, 0) is 42.0 Å². The number of ether oxygens (including phenoxy) is 2. The Bertz CT molecular complexity index is 1280. The lowest BCUT2D eigenvalue weighted by Gasteiger charge is -2.38. The minimum Gasteiger partial charge on any atom is -0.496 e. The van der Waals surface area contributed by atoms with Gasteiger partial charge in [-0.2, -0.15) is 5.10 Å². The van der Waals surface area contributed by atoms with Crippen LogP contribution in [0.2, 0.25) is 0 Å². The fraction of sp³-hybridized carbons (Fsp3) is 0.481. The summed E-state index contributed by atoms with van der Waals surface area (Å²) in [5.74, 6) is -0.854. The van der Waals surface area contributed by atoms with Crippen molar-refractivity contribution in [2.45, 2.75) is 57.2 Å². The number of nitrogens with zero attached hydrogens (tertiary/aromatic N) is 4. The summed E-state index contributed by atoms with van der Waals surface area (Å²) in [6, 6.07) is 6.58. The molecule has 3 aromatic rings. The number of carbonyl (C=O) groups excluding carboxylic acids is 1. The van der Waals surface area contributed by atoms with Crippen molar-refractivity contribution >= 4 is 23.2 Å². The van der Waals surface area contributed by atoms with E-state index in [1.165, 1.54) is 11.3 Å². The normalized spacial score (nSPS) is 25.6. The highest BCUT2D eigenvalue weighted by Crippen LogP contribution is 2.59.